The molecule has 3 heteroatoms. The number of halogens is 1. The smallest absolute Gasteiger partial charge is 0.0468 e. The maximum Gasteiger partial charge on any atom is 0.0468 e. The van der Waals surface area contributed by atoms with Gasteiger partial charge in [-0.15, -0.1) is 0 Å². The highest BCUT2D eigenvalue weighted by molar-refractivity contribution is 6.31. The summed E-state index contributed by atoms with van der Waals surface area (Å²) in [6, 6.07) is 8.53. The van der Waals surface area contributed by atoms with Crippen LogP contribution in [0.1, 0.15) is 37.8 Å². The first-order valence-electron chi connectivity index (χ1n) is 6.86. The number of hydrogen-bond acceptors (Lipinski definition) is 2. The van der Waals surface area contributed by atoms with Crippen LogP contribution in [-0.4, -0.2) is 19.8 Å². The van der Waals surface area contributed by atoms with Crippen molar-refractivity contribution in [3.63, 3.8) is 0 Å². The Hall–Kier alpha value is -0.570. The molecule has 0 bridgehead atoms. The van der Waals surface area contributed by atoms with Crippen LogP contribution in [0.15, 0.2) is 24.3 Å². The second-order valence-electron chi connectivity index (χ2n) is 4.92. The van der Waals surface area contributed by atoms with Crippen molar-refractivity contribution in [2.24, 2.45) is 5.92 Å². The van der Waals surface area contributed by atoms with E-state index in [1.165, 1.54) is 18.4 Å². The molecule has 1 aromatic rings. The van der Waals surface area contributed by atoms with E-state index in [2.05, 4.69) is 24.4 Å². The summed E-state index contributed by atoms with van der Waals surface area (Å²) >= 11 is 6.31. The van der Waals surface area contributed by atoms with Crippen molar-refractivity contribution in [3.8, 4) is 0 Å². The molecule has 0 spiro atoms. The SMILES string of the molecule is CCNC(CC1CCOCC1)c1ccccc1Cl. The Labute approximate surface area is 115 Å². The normalized spacial score (nSPS) is 18.8. The van der Waals surface area contributed by atoms with Gasteiger partial charge in [0.25, 0.3) is 0 Å². The molecule has 0 aliphatic carbocycles. The highest BCUT2D eigenvalue weighted by Crippen LogP contribution is 2.31. The third-order valence-electron chi connectivity index (χ3n) is 3.64. The summed E-state index contributed by atoms with van der Waals surface area (Å²) in [5.74, 6) is 0.749. The van der Waals surface area contributed by atoms with Gasteiger partial charge >= 0.3 is 0 Å². The van der Waals surface area contributed by atoms with Gasteiger partial charge in [0.1, 0.15) is 0 Å². The van der Waals surface area contributed by atoms with Crippen LogP contribution < -0.4 is 5.32 Å². The van der Waals surface area contributed by atoms with Gasteiger partial charge in [-0.2, -0.15) is 0 Å². The van der Waals surface area contributed by atoms with E-state index < -0.39 is 0 Å². The van der Waals surface area contributed by atoms with Crippen LogP contribution in [-0.2, 0) is 4.74 Å². The first kappa shape index (κ1) is 13.9. The van der Waals surface area contributed by atoms with E-state index in [-0.39, 0.29) is 0 Å². The van der Waals surface area contributed by atoms with Crippen molar-refractivity contribution < 1.29 is 4.74 Å². The molecule has 0 aromatic heterocycles. The van der Waals surface area contributed by atoms with Crippen molar-refractivity contribution in [3.05, 3.63) is 34.9 Å². The van der Waals surface area contributed by atoms with Crippen LogP contribution in [0.2, 0.25) is 5.02 Å². The topological polar surface area (TPSA) is 21.3 Å². The summed E-state index contributed by atoms with van der Waals surface area (Å²) in [4.78, 5) is 0. The second-order valence-corrected chi connectivity index (χ2v) is 5.33. The average molecular weight is 268 g/mol. The van der Waals surface area contributed by atoms with E-state index in [9.17, 15) is 0 Å². The molecule has 1 fully saturated rings. The molecule has 1 aliphatic heterocycles. The molecule has 1 aromatic carbocycles. The molecule has 1 saturated heterocycles. The fourth-order valence-electron chi connectivity index (χ4n) is 2.64. The van der Waals surface area contributed by atoms with Gasteiger partial charge in [0, 0.05) is 24.3 Å². The summed E-state index contributed by atoms with van der Waals surface area (Å²) in [7, 11) is 0. The number of nitrogens with one attached hydrogen (secondary N) is 1. The van der Waals surface area contributed by atoms with E-state index in [1.54, 1.807) is 0 Å². The zero-order valence-electron chi connectivity index (χ0n) is 11.0. The molecule has 1 aliphatic rings. The zero-order chi connectivity index (χ0) is 12.8. The third kappa shape index (κ3) is 3.71. The van der Waals surface area contributed by atoms with E-state index in [4.69, 9.17) is 16.3 Å². The van der Waals surface area contributed by atoms with E-state index in [0.29, 0.717) is 6.04 Å². The first-order valence-corrected chi connectivity index (χ1v) is 7.24. The van der Waals surface area contributed by atoms with E-state index in [1.807, 2.05) is 12.1 Å². The zero-order valence-corrected chi connectivity index (χ0v) is 11.7. The van der Waals surface area contributed by atoms with Crippen molar-refractivity contribution >= 4 is 11.6 Å². The molecule has 2 nitrogen and oxygen atoms in total. The average Bonchev–Trinajstić information content (AvgIpc) is 2.40. The molecular weight excluding hydrogens is 246 g/mol. The fraction of sp³-hybridized carbons (Fsp3) is 0.600. The third-order valence-corrected chi connectivity index (χ3v) is 3.99. The maximum atomic E-state index is 6.31. The molecular formula is C15H22ClNO. The highest BCUT2D eigenvalue weighted by Gasteiger charge is 2.21. The standard InChI is InChI=1S/C15H22ClNO/c1-2-17-15(11-12-7-9-18-10-8-12)13-5-3-4-6-14(13)16/h3-6,12,15,17H,2,7-11H2,1H3. The predicted molar refractivity (Wildman–Crippen MR) is 76.0 cm³/mol. The highest BCUT2D eigenvalue weighted by atomic mass is 35.5. The Morgan fingerprint density at radius 2 is 2.06 bits per heavy atom. The number of benzene rings is 1. The Morgan fingerprint density at radius 3 is 2.72 bits per heavy atom. The Balaban J connectivity index is 2.05. The monoisotopic (exact) mass is 267 g/mol. The van der Waals surface area contributed by atoms with Crippen LogP contribution in [0.3, 0.4) is 0 Å². The fourth-order valence-corrected chi connectivity index (χ4v) is 2.91. The van der Waals surface area contributed by atoms with Gasteiger partial charge in [-0.3, -0.25) is 0 Å². The second kappa shape index (κ2) is 7.13. The van der Waals surface area contributed by atoms with Gasteiger partial charge in [0.2, 0.25) is 0 Å². The maximum absolute atomic E-state index is 6.31. The summed E-state index contributed by atoms with van der Waals surface area (Å²) in [6.07, 6.45) is 3.50. The van der Waals surface area contributed by atoms with Crippen LogP contribution in [0, 0.1) is 5.92 Å². The van der Waals surface area contributed by atoms with E-state index in [0.717, 1.165) is 37.1 Å². The van der Waals surface area contributed by atoms with Crippen LogP contribution in [0.4, 0.5) is 0 Å². The van der Waals surface area contributed by atoms with Crippen molar-refractivity contribution in [1.29, 1.82) is 0 Å². The minimum atomic E-state index is 0.367. The van der Waals surface area contributed by atoms with Gasteiger partial charge in [0.05, 0.1) is 0 Å². The summed E-state index contributed by atoms with van der Waals surface area (Å²) in [5, 5.41) is 4.43. The lowest BCUT2D eigenvalue weighted by atomic mass is 9.89. The van der Waals surface area contributed by atoms with Crippen molar-refractivity contribution in [2.45, 2.75) is 32.2 Å². The molecule has 0 amide bonds. The Bertz CT molecular complexity index is 363. The van der Waals surface area contributed by atoms with Crippen molar-refractivity contribution in [2.75, 3.05) is 19.8 Å². The molecule has 1 heterocycles. The van der Waals surface area contributed by atoms with Gasteiger partial charge in [-0.25, -0.2) is 0 Å². The number of rotatable bonds is 5. The molecule has 100 valence electrons. The van der Waals surface area contributed by atoms with Crippen LogP contribution in [0.5, 0.6) is 0 Å². The number of hydrogen-bond donors (Lipinski definition) is 1. The Morgan fingerprint density at radius 1 is 1.33 bits per heavy atom. The summed E-state index contributed by atoms with van der Waals surface area (Å²) in [5.41, 5.74) is 1.23. The first-order chi connectivity index (χ1) is 8.81. The quantitative estimate of drug-likeness (QED) is 0.876. The Kier molecular flexibility index (Phi) is 5.48. The molecule has 1 N–H and O–H groups in total. The van der Waals surface area contributed by atoms with Crippen LogP contribution in [0.25, 0.3) is 0 Å². The predicted octanol–water partition coefficient (Wildman–Crippen LogP) is 3.81. The van der Waals surface area contributed by atoms with Gasteiger partial charge < -0.3 is 10.1 Å². The van der Waals surface area contributed by atoms with Crippen LogP contribution >= 0.6 is 11.6 Å². The lowest BCUT2D eigenvalue weighted by Gasteiger charge is -2.28. The van der Waals surface area contributed by atoms with Gasteiger partial charge in [-0.1, -0.05) is 36.7 Å². The lowest BCUT2D eigenvalue weighted by molar-refractivity contribution is 0.0606. The summed E-state index contributed by atoms with van der Waals surface area (Å²) < 4.78 is 5.42. The number of ether oxygens (including phenoxy) is 1. The molecule has 2 rings (SSSR count). The molecule has 1 atom stereocenters. The minimum absolute atomic E-state index is 0.367. The molecule has 1 unspecified atom stereocenters. The van der Waals surface area contributed by atoms with Gasteiger partial charge in [0.15, 0.2) is 0 Å². The van der Waals surface area contributed by atoms with Gasteiger partial charge in [-0.05, 0) is 43.4 Å². The largest absolute Gasteiger partial charge is 0.381 e. The van der Waals surface area contributed by atoms with Crippen molar-refractivity contribution in [1.82, 2.24) is 5.32 Å². The molecule has 0 radical (unpaired) electrons. The summed E-state index contributed by atoms with van der Waals surface area (Å²) in [6.45, 7) is 4.94. The molecule has 18 heavy (non-hydrogen) atoms. The lowest BCUT2D eigenvalue weighted by Crippen LogP contribution is -2.26. The van der Waals surface area contributed by atoms with E-state index >= 15 is 0 Å². The molecule has 0 saturated carbocycles. The minimum Gasteiger partial charge on any atom is -0.381 e.